The molecule has 7 heteroatoms. The molecule has 1 heterocycles. The van der Waals surface area contributed by atoms with Crippen LogP contribution in [-0.2, 0) is 16.1 Å². The van der Waals surface area contributed by atoms with Gasteiger partial charge >= 0.3 is 5.97 Å². The fourth-order valence-electron chi connectivity index (χ4n) is 2.68. The van der Waals surface area contributed by atoms with E-state index in [1.165, 1.54) is 0 Å². The molecule has 1 fully saturated rings. The van der Waals surface area contributed by atoms with Gasteiger partial charge in [0.15, 0.2) is 0 Å². The zero-order valence-corrected chi connectivity index (χ0v) is 11.4. The molecule has 2 N–H and O–H groups in total. The third-order valence-corrected chi connectivity index (χ3v) is 3.76. The van der Waals surface area contributed by atoms with Gasteiger partial charge in [-0.2, -0.15) is 0 Å². The second-order valence-electron chi connectivity index (χ2n) is 5.15. The molecule has 7 nitrogen and oxygen atoms in total. The third kappa shape index (κ3) is 3.79. The number of nitrogens with one attached hydrogen (secondary N) is 1. The molecule has 1 amide bonds. The number of amides is 1. The van der Waals surface area contributed by atoms with Crippen molar-refractivity contribution in [3.8, 4) is 0 Å². The molecule has 0 spiro atoms. The third-order valence-electron chi connectivity index (χ3n) is 3.76. The number of aromatic nitrogens is 3. The highest BCUT2D eigenvalue weighted by Gasteiger charge is 2.35. The van der Waals surface area contributed by atoms with Gasteiger partial charge in [0.2, 0.25) is 5.91 Å². The molecule has 1 saturated carbocycles. The lowest BCUT2D eigenvalue weighted by Gasteiger charge is -2.27. The monoisotopic (exact) mass is 280 g/mol. The summed E-state index contributed by atoms with van der Waals surface area (Å²) < 4.78 is 1.70. The summed E-state index contributed by atoms with van der Waals surface area (Å²) in [6.45, 7) is 1.22. The van der Waals surface area contributed by atoms with E-state index in [0.29, 0.717) is 25.9 Å². The van der Waals surface area contributed by atoms with Crippen LogP contribution in [0.25, 0.3) is 0 Å². The van der Waals surface area contributed by atoms with Crippen LogP contribution in [0, 0.1) is 11.8 Å². The summed E-state index contributed by atoms with van der Waals surface area (Å²) in [6, 6.07) is 0. The summed E-state index contributed by atoms with van der Waals surface area (Å²) in [5.41, 5.74) is 0. The van der Waals surface area contributed by atoms with Gasteiger partial charge in [0.1, 0.15) is 0 Å². The summed E-state index contributed by atoms with van der Waals surface area (Å²) in [4.78, 5) is 23.2. The maximum Gasteiger partial charge on any atom is 0.307 e. The molecule has 1 aromatic heterocycles. The van der Waals surface area contributed by atoms with Crippen molar-refractivity contribution in [3.63, 3.8) is 0 Å². The molecule has 20 heavy (non-hydrogen) atoms. The average Bonchev–Trinajstić information content (AvgIpc) is 2.96. The lowest BCUT2D eigenvalue weighted by atomic mass is 9.79. The molecule has 110 valence electrons. The molecule has 0 bridgehead atoms. The number of aliphatic carboxylic acids is 1. The second kappa shape index (κ2) is 7.02. The van der Waals surface area contributed by atoms with Crippen LogP contribution in [0.15, 0.2) is 12.4 Å². The van der Waals surface area contributed by atoms with Gasteiger partial charge in [0, 0.05) is 19.3 Å². The van der Waals surface area contributed by atoms with Crippen molar-refractivity contribution in [2.45, 2.75) is 38.6 Å². The number of nitrogens with zero attached hydrogens (tertiary/aromatic N) is 3. The summed E-state index contributed by atoms with van der Waals surface area (Å²) in [5, 5.41) is 19.5. The van der Waals surface area contributed by atoms with Crippen LogP contribution in [-0.4, -0.2) is 38.5 Å². The van der Waals surface area contributed by atoms with E-state index in [2.05, 4.69) is 15.6 Å². The summed E-state index contributed by atoms with van der Waals surface area (Å²) in [5.74, 6) is -1.89. The lowest BCUT2D eigenvalue weighted by Crippen LogP contribution is -2.40. The average molecular weight is 280 g/mol. The number of aryl methyl sites for hydroxylation is 1. The highest BCUT2D eigenvalue weighted by molar-refractivity contribution is 5.84. The lowest BCUT2D eigenvalue weighted by molar-refractivity contribution is -0.148. The number of carboxylic acids is 1. The summed E-state index contributed by atoms with van der Waals surface area (Å²) >= 11 is 0. The number of rotatable bonds is 6. The van der Waals surface area contributed by atoms with E-state index in [4.69, 9.17) is 5.11 Å². The smallest absolute Gasteiger partial charge is 0.307 e. The zero-order valence-electron chi connectivity index (χ0n) is 11.4. The van der Waals surface area contributed by atoms with Gasteiger partial charge in [0.25, 0.3) is 0 Å². The van der Waals surface area contributed by atoms with Crippen LogP contribution in [0.2, 0.25) is 0 Å². The molecule has 0 aliphatic heterocycles. The topological polar surface area (TPSA) is 97.1 Å². The zero-order chi connectivity index (χ0) is 14.4. The van der Waals surface area contributed by atoms with Gasteiger partial charge in [-0.15, -0.1) is 5.10 Å². The van der Waals surface area contributed by atoms with E-state index >= 15 is 0 Å². The van der Waals surface area contributed by atoms with Gasteiger partial charge in [-0.05, 0) is 19.3 Å². The largest absolute Gasteiger partial charge is 0.481 e. The Morgan fingerprint density at radius 2 is 2.05 bits per heavy atom. The normalized spacial score (nSPS) is 22.4. The molecule has 0 aromatic carbocycles. The Morgan fingerprint density at radius 1 is 1.30 bits per heavy atom. The Hall–Kier alpha value is -1.92. The van der Waals surface area contributed by atoms with Crippen LogP contribution in [0.4, 0.5) is 0 Å². The number of carboxylic acid groups (broad SMARTS) is 1. The van der Waals surface area contributed by atoms with E-state index in [9.17, 15) is 9.59 Å². The highest BCUT2D eigenvalue weighted by atomic mass is 16.4. The Kier molecular flexibility index (Phi) is 5.09. The van der Waals surface area contributed by atoms with Crippen LogP contribution < -0.4 is 5.32 Å². The predicted molar refractivity (Wildman–Crippen MR) is 70.7 cm³/mol. The van der Waals surface area contributed by atoms with Crippen LogP contribution in [0.1, 0.15) is 32.1 Å². The molecule has 1 aliphatic carbocycles. The fraction of sp³-hybridized carbons (Fsp3) is 0.692. The number of hydrogen-bond donors (Lipinski definition) is 2. The first-order valence-electron chi connectivity index (χ1n) is 7.03. The van der Waals surface area contributed by atoms with Gasteiger partial charge in [-0.3, -0.25) is 14.3 Å². The quantitative estimate of drug-likeness (QED) is 0.747. The SMILES string of the molecule is O=C(O)C1CCCCC1C(=O)NCCCn1ccnn1. The predicted octanol–water partition coefficient (Wildman–Crippen LogP) is 0.675. The molecule has 1 aliphatic rings. The van der Waals surface area contributed by atoms with Crippen molar-refractivity contribution in [2.24, 2.45) is 11.8 Å². The minimum Gasteiger partial charge on any atom is -0.481 e. The van der Waals surface area contributed by atoms with E-state index in [0.717, 1.165) is 19.3 Å². The first-order valence-corrected chi connectivity index (χ1v) is 7.03. The maximum absolute atomic E-state index is 12.1. The standard InChI is InChI=1S/C13H20N4O3/c18-12(10-4-1-2-5-11(10)13(19)20)14-6-3-8-17-9-7-15-16-17/h7,9-11H,1-6,8H2,(H,14,18)(H,19,20). The molecular formula is C13H20N4O3. The van der Waals surface area contributed by atoms with E-state index in [-0.39, 0.29) is 11.8 Å². The first kappa shape index (κ1) is 14.5. The summed E-state index contributed by atoms with van der Waals surface area (Å²) in [7, 11) is 0. The Balaban J connectivity index is 1.74. The van der Waals surface area contributed by atoms with Gasteiger partial charge in [-0.25, -0.2) is 0 Å². The van der Waals surface area contributed by atoms with Crippen molar-refractivity contribution < 1.29 is 14.7 Å². The van der Waals surface area contributed by atoms with Crippen molar-refractivity contribution in [1.82, 2.24) is 20.3 Å². The molecule has 2 atom stereocenters. The number of hydrogen-bond acceptors (Lipinski definition) is 4. The second-order valence-corrected chi connectivity index (χ2v) is 5.15. The van der Waals surface area contributed by atoms with Crippen LogP contribution in [0.5, 0.6) is 0 Å². The van der Waals surface area contributed by atoms with Crippen molar-refractivity contribution in [1.29, 1.82) is 0 Å². The molecule has 2 rings (SSSR count). The van der Waals surface area contributed by atoms with Gasteiger partial charge in [0.05, 0.1) is 18.0 Å². The minimum absolute atomic E-state index is 0.129. The van der Waals surface area contributed by atoms with Crippen molar-refractivity contribution >= 4 is 11.9 Å². The van der Waals surface area contributed by atoms with Crippen LogP contribution in [0.3, 0.4) is 0 Å². The molecule has 1 aromatic rings. The van der Waals surface area contributed by atoms with Crippen LogP contribution >= 0.6 is 0 Å². The molecule has 0 radical (unpaired) electrons. The van der Waals surface area contributed by atoms with Gasteiger partial charge < -0.3 is 10.4 Å². The van der Waals surface area contributed by atoms with E-state index in [1.54, 1.807) is 17.1 Å². The van der Waals surface area contributed by atoms with Gasteiger partial charge in [-0.1, -0.05) is 18.1 Å². The Labute approximate surface area is 117 Å². The highest BCUT2D eigenvalue weighted by Crippen LogP contribution is 2.30. The Morgan fingerprint density at radius 3 is 2.70 bits per heavy atom. The van der Waals surface area contributed by atoms with E-state index in [1.807, 2.05) is 0 Å². The van der Waals surface area contributed by atoms with Crippen molar-refractivity contribution in [2.75, 3.05) is 6.54 Å². The number of carbonyl (C=O) groups excluding carboxylic acids is 1. The fourth-order valence-corrected chi connectivity index (χ4v) is 2.68. The molecule has 2 unspecified atom stereocenters. The molecule has 0 saturated heterocycles. The Bertz CT molecular complexity index is 446. The summed E-state index contributed by atoms with van der Waals surface area (Å²) in [6.07, 6.45) is 7.23. The maximum atomic E-state index is 12.1. The molecular weight excluding hydrogens is 260 g/mol. The minimum atomic E-state index is -0.854. The van der Waals surface area contributed by atoms with Crippen molar-refractivity contribution in [3.05, 3.63) is 12.4 Å². The first-order chi connectivity index (χ1) is 9.68. The van der Waals surface area contributed by atoms with E-state index < -0.39 is 11.9 Å². The number of carbonyl (C=O) groups is 2.